The molecule has 38 heavy (non-hydrogen) atoms. The van der Waals surface area contributed by atoms with E-state index in [9.17, 15) is 0 Å². The van der Waals surface area contributed by atoms with Gasteiger partial charge in [-0.3, -0.25) is 0 Å². The van der Waals surface area contributed by atoms with Crippen LogP contribution in [0.15, 0.2) is 84.9 Å². The number of hydrogen-bond acceptors (Lipinski definition) is 4. The van der Waals surface area contributed by atoms with Gasteiger partial charge in [0.1, 0.15) is 0 Å². The minimum absolute atomic E-state index is 0.0377. The number of fused-ring (bicyclic) bond motifs is 7. The fraction of sp³-hybridized carbons (Fsp3) is 0.294. The second-order valence-electron chi connectivity index (χ2n) is 12.2. The molecule has 0 amide bonds. The van der Waals surface area contributed by atoms with E-state index in [1.165, 1.54) is 22.3 Å². The molecule has 0 bridgehead atoms. The molecule has 1 spiro atoms. The summed E-state index contributed by atoms with van der Waals surface area (Å²) < 4.78 is 25.4. The Hall–Kier alpha value is -3.92. The summed E-state index contributed by atoms with van der Waals surface area (Å²) in [6.45, 7) is 15.2. The lowest BCUT2D eigenvalue weighted by Crippen LogP contribution is -2.27. The second kappa shape index (κ2) is 7.57. The van der Waals surface area contributed by atoms with Crippen LogP contribution in [0, 0.1) is 0 Å². The Labute approximate surface area is 224 Å². The molecule has 0 N–H and O–H groups in total. The van der Waals surface area contributed by atoms with Crippen LogP contribution in [0.5, 0.6) is 34.5 Å². The number of para-hydroxylation sites is 2. The molecule has 1 unspecified atom stereocenters. The highest BCUT2D eigenvalue weighted by Gasteiger charge is 2.57. The topological polar surface area (TPSA) is 36.9 Å². The molecular weight excluding hydrogens is 472 g/mol. The molecule has 3 aromatic rings. The van der Waals surface area contributed by atoms with Crippen LogP contribution in [0.3, 0.4) is 0 Å². The number of rotatable bonds is 1. The molecule has 4 aliphatic rings. The van der Waals surface area contributed by atoms with Crippen LogP contribution >= 0.6 is 0 Å². The Morgan fingerprint density at radius 2 is 1.08 bits per heavy atom. The van der Waals surface area contributed by atoms with Crippen LogP contribution in [0.1, 0.15) is 69.7 Å². The summed E-state index contributed by atoms with van der Waals surface area (Å²) >= 11 is 0. The van der Waals surface area contributed by atoms with E-state index >= 15 is 0 Å². The van der Waals surface area contributed by atoms with E-state index in [0.29, 0.717) is 11.5 Å². The Morgan fingerprint density at radius 3 is 1.55 bits per heavy atom. The Balaban J connectivity index is 1.41. The molecule has 4 heteroatoms. The van der Waals surface area contributed by atoms with Crippen molar-refractivity contribution in [1.29, 1.82) is 0 Å². The van der Waals surface area contributed by atoms with E-state index in [-0.39, 0.29) is 16.2 Å². The van der Waals surface area contributed by atoms with E-state index < -0.39 is 0 Å². The molecule has 4 nitrogen and oxygen atoms in total. The lowest BCUT2D eigenvalue weighted by atomic mass is 9.72. The van der Waals surface area contributed by atoms with Crippen LogP contribution in [0.25, 0.3) is 0 Å². The molecule has 7 rings (SSSR count). The van der Waals surface area contributed by atoms with E-state index in [1.54, 1.807) is 6.08 Å². The monoisotopic (exact) mass is 504 g/mol. The molecule has 0 fully saturated rings. The van der Waals surface area contributed by atoms with Gasteiger partial charge in [-0.05, 0) is 101 Å². The van der Waals surface area contributed by atoms with Crippen LogP contribution in [-0.2, 0) is 16.2 Å². The van der Waals surface area contributed by atoms with Gasteiger partial charge in [0, 0.05) is 5.41 Å². The summed E-state index contributed by atoms with van der Waals surface area (Å²) in [5.74, 6) is 5.96. The van der Waals surface area contributed by atoms with Crippen LogP contribution in [0.2, 0.25) is 0 Å². The van der Waals surface area contributed by atoms with Gasteiger partial charge in [0.05, 0.1) is 0 Å². The Bertz CT molecular complexity index is 1600. The largest absolute Gasteiger partial charge is 0.450 e. The Morgan fingerprint density at radius 1 is 0.632 bits per heavy atom. The third-order valence-corrected chi connectivity index (χ3v) is 8.65. The lowest BCUT2D eigenvalue weighted by Gasteiger charge is -2.31. The highest BCUT2D eigenvalue weighted by molar-refractivity contribution is 5.68. The molecule has 0 saturated carbocycles. The molecule has 3 aromatic carbocycles. The maximum Gasteiger partial charge on any atom is 0.170 e. The zero-order valence-electron chi connectivity index (χ0n) is 22.6. The van der Waals surface area contributed by atoms with Crippen molar-refractivity contribution in [2.45, 2.75) is 63.7 Å². The first-order chi connectivity index (χ1) is 18.1. The summed E-state index contributed by atoms with van der Waals surface area (Å²) in [5.41, 5.74) is 5.03. The van der Waals surface area contributed by atoms with Gasteiger partial charge in [0.2, 0.25) is 0 Å². The maximum absolute atomic E-state index is 6.39. The van der Waals surface area contributed by atoms with Gasteiger partial charge in [0.15, 0.2) is 46.0 Å². The van der Waals surface area contributed by atoms with Crippen molar-refractivity contribution >= 4 is 0 Å². The summed E-state index contributed by atoms with van der Waals surface area (Å²) in [4.78, 5) is 0. The molecule has 0 aromatic heterocycles. The van der Waals surface area contributed by atoms with Crippen LogP contribution in [-0.4, -0.2) is 0 Å². The van der Waals surface area contributed by atoms with Gasteiger partial charge < -0.3 is 18.9 Å². The first kappa shape index (κ1) is 23.2. The smallest absolute Gasteiger partial charge is 0.170 e. The fourth-order valence-corrected chi connectivity index (χ4v) is 7.26. The summed E-state index contributed by atoms with van der Waals surface area (Å²) in [6.07, 6.45) is 7.50. The van der Waals surface area contributed by atoms with Crippen molar-refractivity contribution in [2.24, 2.45) is 0 Å². The average Bonchev–Trinajstić information content (AvgIpc) is 3.23. The van der Waals surface area contributed by atoms with E-state index in [4.69, 9.17) is 18.9 Å². The Kier molecular flexibility index (Phi) is 4.62. The van der Waals surface area contributed by atoms with Crippen molar-refractivity contribution in [3.05, 3.63) is 107 Å². The normalized spacial score (nSPS) is 24.8. The third kappa shape index (κ3) is 3.09. The van der Waals surface area contributed by atoms with Crippen molar-refractivity contribution in [3.63, 3.8) is 0 Å². The quantitative estimate of drug-likeness (QED) is 0.259. The molecule has 0 radical (unpaired) electrons. The van der Waals surface area contributed by atoms with Crippen molar-refractivity contribution in [2.75, 3.05) is 0 Å². The van der Waals surface area contributed by atoms with Gasteiger partial charge in [-0.1, -0.05) is 52.5 Å². The second-order valence-corrected chi connectivity index (χ2v) is 12.2. The van der Waals surface area contributed by atoms with Gasteiger partial charge >= 0.3 is 0 Å². The number of hydrogen-bond donors (Lipinski definition) is 0. The van der Waals surface area contributed by atoms with Crippen molar-refractivity contribution < 1.29 is 18.9 Å². The standard InChI is InChI=1S/C34H32O4/c1-7-11-25-24(8-2)35-30-16-22-20(14-28(30)36-25)32(3,4)18-34(22)19-33(5,6)21-15-29-31(17-23(21)34)38-27-13-10-9-12-26(27)37-29/h7-17H,1,18-19H2,2-6H3/b24-8+,25-11+. The summed E-state index contributed by atoms with van der Waals surface area (Å²) in [6, 6.07) is 16.7. The first-order valence-electron chi connectivity index (χ1n) is 13.3. The molecule has 0 saturated heterocycles. The zero-order valence-corrected chi connectivity index (χ0v) is 22.6. The van der Waals surface area contributed by atoms with Gasteiger partial charge in [-0.2, -0.15) is 0 Å². The van der Waals surface area contributed by atoms with Gasteiger partial charge in [-0.15, -0.1) is 0 Å². The van der Waals surface area contributed by atoms with Crippen LogP contribution in [0.4, 0.5) is 0 Å². The predicted molar refractivity (Wildman–Crippen MR) is 149 cm³/mol. The predicted octanol–water partition coefficient (Wildman–Crippen LogP) is 8.98. The molecular formula is C34H32O4. The third-order valence-electron chi connectivity index (χ3n) is 8.65. The summed E-state index contributed by atoms with van der Waals surface area (Å²) in [5, 5.41) is 0. The van der Waals surface area contributed by atoms with Crippen molar-refractivity contribution in [1.82, 2.24) is 0 Å². The minimum atomic E-state index is -0.168. The molecule has 192 valence electrons. The SMILES string of the molecule is C=C/C=C1/Oc2cc3c(cc2O/C1=C/C)C1(CC3(C)C)CC(C)(C)c2cc3c(cc21)Oc1ccccc1O3. The van der Waals surface area contributed by atoms with E-state index in [1.807, 2.05) is 43.3 Å². The average molecular weight is 505 g/mol. The van der Waals surface area contributed by atoms with Gasteiger partial charge in [-0.25, -0.2) is 0 Å². The van der Waals surface area contributed by atoms with E-state index in [0.717, 1.165) is 47.3 Å². The molecule has 2 aliphatic heterocycles. The minimum Gasteiger partial charge on any atom is -0.450 e. The van der Waals surface area contributed by atoms with Gasteiger partial charge in [0.25, 0.3) is 0 Å². The maximum atomic E-state index is 6.39. The van der Waals surface area contributed by atoms with Crippen molar-refractivity contribution in [3.8, 4) is 34.5 Å². The van der Waals surface area contributed by atoms with E-state index in [2.05, 4.69) is 58.5 Å². The number of allylic oxidation sites excluding steroid dienone is 3. The highest BCUT2D eigenvalue weighted by Crippen LogP contribution is 2.65. The molecule has 2 aliphatic carbocycles. The zero-order chi connectivity index (χ0) is 26.4. The summed E-state index contributed by atoms with van der Waals surface area (Å²) in [7, 11) is 0. The number of benzene rings is 3. The molecule has 2 heterocycles. The lowest BCUT2D eigenvalue weighted by molar-refractivity contribution is 0.292. The fourth-order valence-electron chi connectivity index (χ4n) is 7.26. The number of ether oxygens (including phenoxy) is 4. The first-order valence-corrected chi connectivity index (χ1v) is 13.3. The molecule has 1 atom stereocenters. The van der Waals surface area contributed by atoms with Crippen LogP contribution < -0.4 is 18.9 Å². The highest BCUT2D eigenvalue weighted by atomic mass is 16.6.